The molecule has 0 saturated heterocycles. The molecule has 0 atom stereocenters. The van der Waals surface area contributed by atoms with E-state index in [9.17, 15) is 14.4 Å². The van der Waals surface area contributed by atoms with Gasteiger partial charge in [0.25, 0.3) is 0 Å². The zero-order valence-corrected chi connectivity index (χ0v) is 39.4. The molecule has 0 aliphatic rings. The summed E-state index contributed by atoms with van der Waals surface area (Å²) in [7, 11) is 4.10. The summed E-state index contributed by atoms with van der Waals surface area (Å²) >= 11 is 0. The zero-order valence-electron chi connectivity index (χ0n) is 39.4. The highest BCUT2D eigenvalue weighted by molar-refractivity contribution is 5.72. The van der Waals surface area contributed by atoms with E-state index in [1.54, 1.807) is 0 Å². The van der Waals surface area contributed by atoms with Crippen molar-refractivity contribution in [2.75, 3.05) is 20.6 Å². The van der Waals surface area contributed by atoms with Crippen molar-refractivity contribution in [3.05, 3.63) is 85.0 Å². The number of unbranched alkanes of at least 4 members (excludes halogenated alkanes) is 22. The maximum absolute atomic E-state index is 12.6. The van der Waals surface area contributed by atoms with Crippen LogP contribution in [0.5, 0.6) is 11.5 Å². The molecule has 0 aromatic heterocycles. The highest BCUT2D eigenvalue weighted by Crippen LogP contribution is 2.19. The predicted octanol–water partition coefficient (Wildman–Crippen LogP) is 15.3. The third-order valence-corrected chi connectivity index (χ3v) is 11.4. The van der Waals surface area contributed by atoms with Gasteiger partial charge in [0.2, 0.25) is 0 Å². The lowest BCUT2D eigenvalue weighted by atomic mass is 10.0. The molecule has 0 aliphatic carbocycles. The summed E-state index contributed by atoms with van der Waals surface area (Å²) in [5.74, 6) is 0.972. The van der Waals surface area contributed by atoms with Gasteiger partial charge in [0.05, 0.1) is 0 Å². The SMILES string of the molecule is CN(C)CCCC(=O)OC(CCCCCCCC/C=C\CCCCCCCC(=O)Oc1ccccc1)CCCCCCCC/C=C\CCCCCCCC(=O)Oc1ccccc1. The van der Waals surface area contributed by atoms with Gasteiger partial charge in [-0.25, -0.2) is 0 Å². The number of hydrogen-bond donors (Lipinski definition) is 0. The zero-order chi connectivity index (χ0) is 44.4. The monoisotopic (exact) mass is 858 g/mol. The molecule has 2 rings (SSSR count). The second-order valence-electron chi connectivity index (χ2n) is 17.5. The summed E-state index contributed by atoms with van der Waals surface area (Å²) in [5, 5.41) is 0. The van der Waals surface area contributed by atoms with Crippen molar-refractivity contribution in [2.45, 2.75) is 212 Å². The average Bonchev–Trinajstić information content (AvgIpc) is 3.26. The summed E-state index contributed by atoms with van der Waals surface area (Å²) in [5.41, 5.74) is 0. The van der Waals surface area contributed by atoms with Crippen LogP contribution in [0.1, 0.15) is 205 Å². The lowest BCUT2D eigenvalue weighted by Gasteiger charge is -2.18. The maximum Gasteiger partial charge on any atom is 0.311 e. The third-order valence-electron chi connectivity index (χ3n) is 11.4. The van der Waals surface area contributed by atoms with Gasteiger partial charge in [-0.15, -0.1) is 0 Å². The van der Waals surface area contributed by atoms with Crippen LogP contribution in [0.4, 0.5) is 0 Å². The molecular formula is C55H87NO6. The van der Waals surface area contributed by atoms with Gasteiger partial charge < -0.3 is 19.1 Å². The largest absolute Gasteiger partial charge is 0.462 e. The van der Waals surface area contributed by atoms with Gasteiger partial charge >= 0.3 is 17.9 Å². The standard InChI is InChI=1S/C55H87NO6/c1-56(2)49-39-48-55(59)62-50(40-31-25-21-17-13-9-5-3-7-11-15-19-23-27-37-46-53(57)60-51-42-33-29-34-43-51)41-32-26-22-18-14-10-6-4-8-12-16-20-24-28-38-47-54(58)61-52-44-35-30-36-45-52/h3-4,7-8,29-30,33-36,42-45,50H,5-6,9-28,31-32,37-41,46-49H2,1-2H3/b7-3-,8-4-. The lowest BCUT2D eigenvalue weighted by Crippen LogP contribution is -2.20. The summed E-state index contributed by atoms with van der Waals surface area (Å²) in [6, 6.07) is 18.6. The Morgan fingerprint density at radius 3 is 1.11 bits per heavy atom. The van der Waals surface area contributed by atoms with Crippen LogP contribution in [0.15, 0.2) is 85.0 Å². The van der Waals surface area contributed by atoms with E-state index in [-0.39, 0.29) is 24.0 Å². The summed E-state index contributed by atoms with van der Waals surface area (Å²) in [4.78, 5) is 38.6. The van der Waals surface area contributed by atoms with Crippen LogP contribution in [-0.2, 0) is 19.1 Å². The van der Waals surface area contributed by atoms with Gasteiger partial charge in [-0.2, -0.15) is 0 Å². The Morgan fingerprint density at radius 1 is 0.419 bits per heavy atom. The Balaban J connectivity index is 1.40. The Hall–Kier alpha value is -3.71. The van der Waals surface area contributed by atoms with E-state index in [0.717, 1.165) is 77.2 Å². The van der Waals surface area contributed by atoms with Crippen LogP contribution in [0.2, 0.25) is 0 Å². The van der Waals surface area contributed by atoms with Crippen molar-refractivity contribution in [1.82, 2.24) is 4.90 Å². The summed E-state index contributed by atoms with van der Waals surface area (Å²) in [6.07, 6.45) is 44.7. The molecule has 0 amide bonds. The third kappa shape index (κ3) is 34.8. The van der Waals surface area contributed by atoms with Gasteiger partial charge in [0.1, 0.15) is 17.6 Å². The van der Waals surface area contributed by atoms with Crippen molar-refractivity contribution in [3.63, 3.8) is 0 Å². The molecule has 2 aromatic rings. The van der Waals surface area contributed by atoms with Crippen molar-refractivity contribution in [1.29, 1.82) is 0 Å². The molecule has 62 heavy (non-hydrogen) atoms. The average molecular weight is 858 g/mol. The van der Waals surface area contributed by atoms with Gasteiger partial charge in [0, 0.05) is 19.3 Å². The molecule has 0 heterocycles. The number of para-hydroxylation sites is 2. The fourth-order valence-corrected chi connectivity index (χ4v) is 7.67. The molecule has 0 unspecified atom stereocenters. The number of carbonyl (C=O) groups is 3. The van der Waals surface area contributed by atoms with Crippen LogP contribution in [0.25, 0.3) is 0 Å². The van der Waals surface area contributed by atoms with E-state index in [1.807, 2.05) is 74.8 Å². The normalized spacial score (nSPS) is 11.6. The molecule has 7 heteroatoms. The van der Waals surface area contributed by atoms with Crippen LogP contribution >= 0.6 is 0 Å². The van der Waals surface area contributed by atoms with E-state index in [2.05, 4.69) is 29.2 Å². The molecule has 0 spiro atoms. The van der Waals surface area contributed by atoms with Crippen molar-refractivity contribution >= 4 is 17.9 Å². The smallest absolute Gasteiger partial charge is 0.311 e. The van der Waals surface area contributed by atoms with E-state index >= 15 is 0 Å². The van der Waals surface area contributed by atoms with E-state index in [0.29, 0.717) is 30.8 Å². The fraction of sp³-hybridized carbons (Fsp3) is 0.655. The molecule has 2 aromatic carbocycles. The second-order valence-corrected chi connectivity index (χ2v) is 17.5. The second kappa shape index (κ2) is 40.1. The van der Waals surface area contributed by atoms with Crippen LogP contribution in [-0.4, -0.2) is 49.6 Å². The lowest BCUT2D eigenvalue weighted by molar-refractivity contribution is -0.150. The minimum absolute atomic E-state index is 0.0188. The predicted molar refractivity (Wildman–Crippen MR) is 259 cm³/mol. The highest BCUT2D eigenvalue weighted by atomic mass is 16.5. The highest BCUT2D eigenvalue weighted by Gasteiger charge is 2.14. The Labute approximate surface area is 378 Å². The van der Waals surface area contributed by atoms with Gasteiger partial charge in [-0.05, 0) is 141 Å². The number of rotatable bonds is 41. The van der Waals surface area contributed by atoms with E-state index in [1.165, 1.54) is 116 Å². The summed E-state index contributed by atoms with van der Waals surface area (Å²) < 4.78 is 16.7. The Morgan fingerprint density at radius 2 is 0.742 bits per heavy atom. The van der Waals surface area contributed by atoms with Crippen LogP contribution in [0, 0.1) is 0 Å². The Bertz CT molecular complexity index is 1310. The first-order chi connectivity index (χ1) is 30.4. The molecule has 348 valence electrons. The summed E-state index contributed by atoms with van der Waals surface area (Å²) in [6.45, 7) is 0.918. The first-order valence-corrected chi connectivity index (χ1v) is 25.1. The number of benzene rings is 2. The molecule has 0 N–H and O–H groups in total. The number of carbonyl (C=O) groups excluding carboxylic acids is 3. The number of hydrogen-bond acceptors (Lipinski definition) is 7. The molecule has 0 saturated carbocycles. The van der Waals surface area contributed by atoms with E-state index in [4.69, 9.17) is 14.2 Å². The minimum atomic E-state index is -0.134. The first kappa shape index (κ1) is 54.4. The number of esters is 3. The quantitative estimate of drug-likeness (QED) is 0.0285. The van der Waals surface area contributed by atoms with Gasteiger partial charge in [-0.3, -0.25) is 14.4 Å². The molecule has 0 fully saturated rings. The fourth-order valence-electron chi connectivity index (χ4n) is 7.67. The minimum Gasteiger partial charge on any atom is -0.462 e. The number of allylic oxidation sites excluding steroid dienone is 4. The first-order valence-electron chi connectivity index (χ1n) is 25.1. The maximum atomic E-state index is 12.6. The van der Waals surface area contributed by atoms with Gasteiger partial charge in [-0.1, -0.05) is 151 Å². The molecule has 0 bridgehead atoms. The Kier molecular flexibility index (Phi) is 35.2. The number of ether oxygens (including phenoxy) is 3. The van der Waals surface area contributed by atoms with Crippen molar-refractivity contribution in [3.8, 4) is 11.5 Å². The molecule has 7 nitrogen and oxygen atoms in total. The van der Waals surface area contributed by atoms with E-state index < -0.39 is 0 Å². The van der Waals surface area contributed by atoms with Crippen LogP contribution in [0.3, 0.4) is 0 Å². The molecular weight excluding hydrogens is 771 g/mol. The number of nitrogens with zero attached hydrogens (tertiary/aromatic N) is 1. The van der Waals surface area contributed by atoms with Crippen molar-refractivity contribution in [2.24, 2.45) is 0 Å². The van der Waals surface area contributed by atoms with Crippen molar-refractivity contribution < 1.29 is 28.6 Å². The van der Waals surface area contributed by atoms with Gasteiger partial charge in [0.15, 0.2) is 0 Å². The molecule has 0 radical (unpaired) electrons. The molecule has 0 aliphatic heterocycles. The van der Waals surface area contributed by atoms with Crippen LogP contribution < -0.4 is 9.47 Å². The topological polar surface area (TPSA) is 82.1 Å².